The van der Waals surface area contributed by atoms with Crippen LogP contribution in [0, 0.1) is 0 Å². The van der Waals surface area contributed by atoms with Crippen LogP contribution < -0.4 is 9.64 Å². The Balaban J connectivity index is 0.00000341. The van der Waals surface area contributed by atoms with Crippen LogP contribution in [-0.4, -0.2) is 58.9 Å². The SMILES string of the molecule is CCN(CC)CCN(C(=O)c1ccn(C(C)C)n1)c1nc2c(OC)ccc(Cl)c2s1.Cl. The minimum atomic E-state index is -0.171. The van der Waals surface area contributed by atoms with Gasteiger partial charge in [0.1, 0.15) is 11.3 Å². The Morgan fingerprint density at radius 3 is 2.52 bits per heavy atom. The molecule has 0 saturated carbocycles. The summed E-state index contributed by atoms with van der Waals surface area (Å²) >= 11 is 7.79. The van der Waals surface area contributed by atoms with E-state index in [1.54, 1.807) is 34.9 Å². The van der Waals surface area contributed by atoms with Gasteiger partial charge >= 0.3 is 0 Å². The number of thiazole rings is 1. The second-order valence-corrected chi connectivity index (χ2v) is 8.57. The number of benzene rings is 1. The highest BCUT2D eigenvalue weighted by atomic mass is 35.5. The van der Waals surface area contributed by atoms with Gasteiger partial charge in [-0.15, -0.1) is 12.4 Å². The summed E-state index contributed by atoms with van der Waals surface area (Å²) in [6.45, 7) is 11.4. The van der Waals surface area contributed by atoms with Gasteiger partial charge in [0.25, 0.3) is 5.91 Å². The fourth-order valence-corrected chi connectivity index (χ4v) is 4.45. The van der Waals surface area contributed by atoms with E-state index in [1.807, 2.05) is 20.0 Å². The molecule has 1 aromatic carbocycles. The van der Waals surface area contributed by atoms with E-state index in [9.17, 15) is 4.79 Å². The van der Waals surface area contributed by atoms with Crippen molar-refractivity contribution >= 4 is 56.6 Å². The van der Waals surface area contributed by atoms with Crippen LogP contribution >= 0.6 is 35.3 Å². The van der Waals surface area contributed by atoms with Crippen LogP contribution in [0.1, 0.15) is 44.2 Å². The monoisotopic (exact) mass is 485 g/mol. The molecule has 3 aromatic rings. The lowest BCUT2D eigenvalue weighted by molar-refractivity contribution is 0.0978. The number of fused-ring (bicyclic) bond motifs is 1. The summed E-state index contributed by atoms with van der Waals surface area (Å²) in [7, 11) is 1.60. The second kappa shape index (κ2) is 11.1. The molecule has 3 rings (SSSR count). The van der Waals surface area contributed by atoms with E-state index >= 15 is 0 Å². The van der Waals surface area contributed by atoms with Gasteiger partial charge in [-0.25, -0.2) is 4.98 Å². The number of rotatable bonds is 9. The van der Waals surface area contributed by atoms with Crippen molar-refractivity contribution < 1.29 is 9.53 Å². The summed E-state index contributed by atoms with van der Waals surface area (Å²) in [6.07, 6.45) is 1.83. The molecule has 2 heterocycles. The van der Waals surface area contributed by atoms with E-state index in [4.69, 9.17) is 21.3 Å². The molecule has 0 unspecified atom stereocenters. The highest BCUT2D eigenvalue weighted by Crippen LogP contribution is 2.39. The zero-order valence-electron chi connectivity index (χ0n) is 18.5. The first-order valence-corrected chi connectivity index (χ1v) is 11.3. The molecule has 0 aliphatic carbocycles. The smallest absolute Gasteiger partial charge is 0.280 e. The zero-order valence-corrected chi connectivity index (χ0v) is 20.9. The van der Waals surface area contributed by atoms with Crippen LogP contribution in [0.25, 0.3) is 10.2 Å². The van der Waals surface area contributed by atoms with Crippen LogP contribution in [0.2, 0.25) is 5.02 Å². The van der Waals surface area contributed by atoms with E-state index < -0.39 is 0 Å². The number of carbonyl (C=O) groups is 1. The Bertz CT molecular complexity index is 1020. The van der Waals surface area contributed by atoms with Crippen molar-refractivity contribution in [1.29, 1.82) is 0 Å². The maximum absolute atomic E-state index is 13.4. The number of methoxy groups -OCH3 is 1. The fourth-order valence-electron chi connectivity index (χ4n) is 3.16. The van der Waals surface area contributed by atoms with E-state index in [1.165, 1.54) is 11.3 Å². The quantitative estimate of drug-likeness (QED) is 0.419. The van der Waals surface area contributed by atoms with Crippen LogP contribution in [0.5, 0.6) is 5.75 Å². The van der Waals surface area contributed by atoms with E-state index in [-0.39, 0.29) is 24.4 Å². The highest BCUT2D eigenvalue weighted by Gasteiger charge is 2.25. The number of likely N-dealkylation sites (N-methyl/N-ethyl adjacent to an activating group) is 1. The van der Waals surface area contributed by atoms with E-state index in [0.717, 1.165) is 24.3 Å². The predicted molar refractivity (Wildman–Crippen MR) is 131 cm³/mol. The number of hydrogen-bond donors (Lipinski definition) is 0. The number of halogens is 2. The molecule has 0 fully saturated rings. The molecule has 0 atom stereocenters. The molecular formula is C21H29Cl2N5O2S. The van der Waals surface area contributed by atoms with E-state index in [2.05, 4.69) is 23.8 Å². The first kappa shape index (κ1) is 25.4. The number of carbonyl (C=O) groups excluding carboxylic acids is 1. The molecule has 2 aromatic heterocycles. The van der Waals surface area contributed by atoms with Gasteiger partial charge < -0.3 is 9.64 Å². The number of ether oxygens (including phenoxy) is 1. The van der Waals surface area contributed by atoms with Crippen LogP contribution in [-0.2, 0) is 0 Å². The van der Waals surface area contributed by atoms with Gasteiger partial charge in [0.15, 0.2) is 10.8 Å². The summed E-state index contributed by atoms with van der Waals surface area (Å²) in [5.74, 6) is 0.466. The average Bonchev–Trinajstić information content (AvgIpc) is 3.39. The zero-order chi connectivity index (χ0) is 21.8. The van der Waals surface area contributed by atoms with Crippen LogP contribution in [0.15, 0.2) is 24.4 Å². The summed E-state index contributed by atoms with van der Waals surface area (Å²) in [6, 6.07) is 5.52. The maximum Gasteiger partial charge on any atom is 0.280 e. The van der Waals surface area contributed by atoms with Crippen molar-refractivity contribution in [2.24, 2.45) is 0 Å². The molecule has 170 valence electrons. The Hall–Kier alpha value is -1.87. The lowest BCUT2D eigenvalue weighted by Crippen LogP contribution is -2.39. The number of anilines is 1. The first-order chi connectivity index (χ1) is 14.4. The summed E-state index contributed by atoms with van der Waals surface area (Å²) < 4.78 is 8.03. The molecule has 10 heteroatoms. The molecule has 0 N–H and O–H groups in total. The first-order valence-electron chi connectivity index (χ1n) is 10.1. The van der Waals surface area contributed by atoms with E-state index in [0.29, 0.717) is 33.7 Å². The Morgan fingerprint density at radius 1 is 1.23 bits per heavy atom. The topological polar surface area (TPSA) is 63.5 Å². The third-order valence-corrected chi connectivity index (χ3v) is 6.57. The van der Waals surface area contributed by atoms with Crippen LogP contribution in [0.3, 0.4) is 0 Å². The number of hydrogen-bond acceptors (Lipinski definition) is 6. The lowest BCUT2D eigenvalue weighted by Gasteiger charge is -2.24. The minimum Gasteiger partial charge on any atom is -0.494 e. The third kappa shape index (κ3) is 5.49. The summed E-state index contributed by atoms with van der Waals surface area (Å²) in [4.78, 5) is 22.1. The fraction of sp³-hybridized carbons (Fsp3) is 0.476. The molecular weight excluding hydrogens is 457 g/mol. The largest absolute Gasteiger partial charge is 0.494 e. The molecule has 0 spiro atoms. The summed E-state index contributed by atoms with van der Waals surface area (Å²) in [5, 5.41) is 5.65. The highest BCUT2D eigenvalue weighted by molar-refractivity contribution is 7.23. The Labute approximate surface area is 198 Å². The standard InChI is InChI=1S/C21H28ClN5O2S.ClH/c1-6-25(7-2)12-13-26(20(28)16-10-11-27(24-16)14(3)4)21-23-18-17(29-5)9-8-15(22)19(18)30-21;/h8-11,14H,6-7,12-13H2,1-5H3;1H. The van der Waals surface area contributed by atoms with Crippen LogP contribution in [0.4, 0.5) is 5.13 Å². The van der Waals surface area contributed by atoms with Crippen molar-refractivity contribution in [3.05, 3.63) is 35.1 Å². The van der Waals surface area contributed by atoms with Gasteiger partial charge in [-0.3, -0.25) is 14.4 Å². The normalized spacial score (nSPS) is 11.2. The minimum absolute atomic E-state index is 0. The van der Waals surface area contributed by atoms with Gasteiger partial charge in [0.2, 0.25) is 0 Å². The number of amides is 1. The molecule has 0 saturated heterocycles. The van der Waals surface area contributed by atoms with Crippen molar-refractivity contribution in [3.8, 4) is 5.75 Å². The second-order valence-electron chi connectivity index (χ2n) is 7.18. The van der Waals surface area contributed by atoms with Gasteiger partial charge in [-0.2, -0.15) is 5.10 Å². The number of aromatic nitrogens is 3. The molecule has 0 aliphatic heterocycles. The van der Waals surface area contributed by atoms with Gasteiger partial charge in [0, 0.05) is 25.3 Å². The predicted octanol–water partition coefficient (Wildman–Crippen LogP) is 5.15. The lowest BCUT2D eigenvalue weighted by atomic mass is 10.3. The molecule has 0 bridgehead atoms. The summed E-state index contributed by atoms with van der Waals surface area (Å²) in [5.41, 5.74) is 1.07. The molecule has 1 amide bonds. The number of nitrogens with zero attached hydrogens (tertiary/aromatic N) is 5. The van der Waals surface area contributed by atoms with Crippen molar-refractivity contribution in [1.82, 2.24) is 19.7 Å². The maximum atomic E-state index is 13.4. The van der Waals surface area contributed by atoms with Crippen molar-refractivity contribution in [3.63, 3.8) is 0 Å². The molecule has 0 radical (unpaired) electrons. The molecule has 7 nitrogen and oxygen atoms in total. The Kier molecular flexibility index (Phi) is 9.12. The van der Waals surface area contributed by atoms with Gasteiger partial charge in [-0.05, 0) is 45.1 Å². The third-order valence-electron chi connectivity index (χ3n) is 5.03. The molecule has 0 aliphatic rings. The van der Waals surface area contributed by atoms with Crippen molar-refractivity contribution in [2.75, 3.05) is 38.2 Å². The Morgan fingerprint density at radius 2 is 1.94 bits per heavy atom. The molecule has 31 heavy (non-hydrogen) atoms. The van der Waals surface area contributed by atoms with Gasteiger partial charge in [0.05, 0.1) is 16.8 Å². The average molecular weight is 486 g/mol. The van der Waals surface area contributed by atoms with Gasteiger partial charge in [-0.1, -0.05) is 36.8 Å². The van der Waals surface area contributed by atoms with Crippen molar-refractivity contribution in [2.45, 2.75) is 33.7 Å².